The number of ether oxygens (including phenoxy) is 3. The van der Waals surface area contributed by atoms with Crippen molar-refractivity contribution in [2.45, 2.75) is 25.7 Å². The van der Waals surface area contributed by atoms with Crippen molar-refractivity contribution < 1.29 is 28.6 Å². The molecule has 2 amide bonds. The number of carbonyl (C=O) groups excluding carboxylic acids is 3. The zero-order valence-corrected chi connectivity index (χ0v) is 21.5. The van der Waals surface area contributed by atoms with Gasteiger partial charge in [-0.1, -0.05) is 18.2 Å². The summed E-state index contributed by atoms with van der Waals surface area (Å²) < 4.78 is 15.2. The maximum atomic E-state index is 12.5. The van der Waals surface area contributed by atoms with Crippen LogP contribution < -0.4 is 31.0 Å². The van der Waals surface area contributed by atoms with Crippen molar-refractivity contribution in [2.75, 3.05) is 45.1 Å². The number of esters is 1. The lowest BCUT2D eigenvalue weighted by molar-refractivity contribution is -0.121. The Bertz CT molecular complexity index is 1360. The number of amides is 2. The molecule has 0 aliphatic carbocycles. The number of benzene rings is 2. The second kappa shape index (κ2) is 13.6. The standard InChI is InChI=1S/C26H31N5O7/c1-36-20-14-18(26(35)38-3)19(15-21(20)37-2)29-23(33)11-6-10-22(32)27-12-7-13-28-24-16-8-4-5-9-17(16)25(34)31-30-24/h4-5,8-9,14-15H,6-7,10-13H2,1-3H3,(H,27,32)(H,28,30)(H,29,33)(H,31,34). The van der Waals surface area contributed by atoms with Crippen molar-refractivity contribution >= 4 is 40.1 Å². The monoisotopic (exact) mass is 525 g/mol. The third-order valence-electron chi connectivity index (χ3n) is 5.68. The minimum atomic E-state index is -0.639. The molecule has 3 rings (SSSR count). The highest BCUT2D eigenvalue weighted by Crippen LogP contribution is 2.34. The number of aromatic nitrogens is 2. The summed E-state index contributed by atoms with van der Waals surface area (Å²) in [4.78, 5) is 48.6. The van der Waals surface area contributed by atoms with Gasteiger partial charge in [0.15, 0.2) is 17.3 Å². The molecule has 0 unspecified atom stereocenters. The number of aromatic amines is 1. The Morgan fingerprint density at radius 1 is 0.895 bits per heavy atom. The van der Waals surface area contributed by atoms with Crippen molar-refractivity contribution in [2.24, 2.45) is 0 Å². The van der Waals surface area contributed by atoms with Gasteiger partial charge >= 0.3 is 5.97 Å². The van der Waals surface area contributed by atoms with E-state index in [0.29, 0.717) is 48.6 Å². The van der Waals surface area contributed by atoms with E-state index in [-0.39, 0.29) is 41.5 Å². The minimum absolute atomic E-state index is 0.0783. The van der Waals surface area contributed by atoms with E-state index in [2.05, 4.69) is 26.1 Å². The molecular formula is C26H31N5O7. The molecule has 4 N–H and O–H groups in total. The Morgan fingerprint density at radius 3 is 2.29 bits per heavy atom. The molecule has 1 aromatic heterocycles. The maximum absolute atomic E-state index is 12.5. The van der Waals surface area contributed by atoms with Crippen LogP contribution in [0.25, 0.3) is 10.8 Å². The van der Waals surface area contributed by atoms with Gasteiger partial charge in [-0.05, 0) is 18.9 Å². The summed E-state index contributed by atoms with van der Waals surface area (Å²) in [6.07, 6.45) is 1.21. The van der Waals surface area contributed by atoms with Gasteiger partial charge in [0.25, 0.3) is 5.56 Å². The smallest absolute Gasteiger partial charge is 0.340 e. The number of fused-ring (bicyclic) bond motifs is 1. The molecule has 12 heteroatoms. The fraction of sp³-hybridized carbons (Fsp3) is 0.346. The van der Waals surface area contributed by atoms with E-state index in [1.807, 2.05) is 12.1 Å². The van der Waals surface area contributed by atoms with Gasteiger partial charge in [-0.3, -0.25) is 14.4 Å². The molecule has 0 spiro atoms. The quantitative estimate of drug-likeness (QED) is 0.194. The predicted molar refractivity (Wildman–Crippen MR) is 142 cm³/mol. The molecule has 0 aliphatic rings. The number of hydrogen-bond donors (Lipinski definition) is 4. The molecule has 12 nitrogen and oxygen atoms in total. The number of methoxy groups -OCH3 is 3. The van der Waals surface area contributed by atoms with Crippen LogP contribution in [0.15, 0.2) is 41.2 Å². The third-order valence-corrected chi connectivity index (χ3v) is 5.68. The summed E-state index contributed by atoms with van der Waals surface area (Å²) >= 11 is 0. The number of hydrogen-bond acceptors (Lipinski definition) is 9. The Hall–Kier alpha value is -4.61. The van der Waals surface area contributed by atoms with E-state index in [9.17, 15) is 19.2 Å². The van der Waals surface area contributed by atoms with Crippen LogP contribution >= 0.6 is 0 Å². The summed E-state index contributed by atoms with van der Waals surface area (Å²) in [7, 11) is 4.12. The largest absolute Gasteiger partial charge is 0.493 e. The van der Waals surface area contributed by atoms with Crippen LogP contribution in [0, 0.1) is 0 Å². The molecule has 202 valence electrons. The van der Waals surface area contributed by atoms with Crippen molar-refractivity contribution in [3.05, 3.63) is 52.3 Å². The number of anilines is 2. The first-order valence-electron chi connectivity index (χ1n) is 12.0. The van der Waals surface area contributed by atoms with E-state index < -0.39 is 5.97 Å². The van der Waals surface area contributed by atoms with E-state index in [1.165, 1.54) is 33.5 Å². The van der Waals surface area contributed by atoms with Gasteiger partial charge in [0.1, 0.15) is 0 Å². The van der Waals surface area contributed by atoms with Crippen molar-refractivity contribution in [1.82, 2.24) is 15.5 Å². The lowest BCUT2D eigenvalue weighted by atomic mass is 10.1. The molecule has 0 aliphatic heterocycles. The van der Waals surface area contributed by atoms with Crippen molar-refractivity contribution in [3.63, 3.8) is 0 Å². The Morgan fingerprint density at radius 2 is 1.58 bits per heavy atom. The highest BCUT2D eigenvalue weighted by atomic mass is 16.5. The number of carbonyl (C=O) groups is 3. The van der Waals surface area contributed by atoms with Crippen LogP contribution in [0.5, 0.6) is 11.5 Å². The molecule has 0 radical (unpaired) electrons. The predicted octanol–water partition coefficient (Wildman–Crippen LogP) is 2.45. The topological polar surface area (TPSA) is 161 Å². The first-order valence-corrected chi connectivity index (χ1v) is 12.0. The Labute approximate surface area is 219 Å². The highest BCUT2D eigenvalue weighted by Gasteiger charge is 2.19. The van der Waals surface area contributed by atoms with E-state index in [4.69, 9.17) is 14.2 Å². The molecule has 0 fully saturated rings. The second-order valence-corrected chi connectivity index (χ2v) is 8.22. The summed E-state index contributed by atoms with van der Waals surface area (Å²) in [5.41, 5.74) is 0.0934. The summed E-state index contributed by atoms with van der Waals surface area (Å²) in [6.45, 7) is 0.979. The molecule has 0 saturated carbocycles. The van der Waals surface area contributed by atoms with Gasteiger partial charge in [-0.15, -0.1) is 0 Å². The summed E-state index contributed by atoms with van der Waals surface area (Å²) in [6, 6.07) is 10.1. The number of rotatable bonds is 13. The average molecular weight is 526 g/mol. The van der Waals surface area contributed by atoms with E-state index >= 15 is 0 Å². The van der Waals surface area contributed by atoms with Crippen LogP contribution in [0.4, 0.5) is 11.5 Å². The Balaban J connectivity index is 1.40. The average Bonchev–Trinajstić information content (AvgIpc) is 2.93. The van der Waals surface area contributed by atoms with Gasteiger partial charge in [0, 0.05) is 43.5 Å². The maximum Gasteiger partial charge on any atom is 0.340 e. The lowest BCUT2D eigenvalue weighted by Crippen LogP contribution is -2.26. The van der Waals surface area contributed by atoms with Gasteiger partial charge in [0.2, 0.25) is 11.8 Å². The van der Waals surface area contributed by atoms with Gasteiger partial charge in [-0.2, -0.15) is 5.10 Å². The minimum Gasteiger partial charge on any atom is -0.493 e. The van der Waals surface area contributed by atoms with E-state index in [1.54, 1.807) is 12.1 Å². The first kappa shape index (κ1) is 28.0. The molecule has 0 saturated heterocycles. The number of nitrogens with zero attached hydrogens (tertiary/aromatic N) is 1. The molecule has 0 bridgehead atoms. The fourth-order valence-corrected chi connectivity index (χ4v) is 3.74. The van der Waals surface area contributed by atoms with Crippen molar-refractivity contribution in [3.8, 4) is 11.5 Å². The molecule has 1 heterocycles. The van der Waals surface area contributed by atoms with Gasteiger partial charge in [-0.25, -0.2) is 9.89 Å². The van der Waals surface area contributed by atoms with Crippen LogP contribution in [-0.4, -0.2) is 62.4 Å². The molecular weight excluding hydrogens is 494 g/mol. The Kier molecular flexibility index (Phi) is 10.0. The molecule has 0 atom stereocenters. The zero-order chi connectivity index (χ0) is 27.5. The van der Waals surface area contributed by atoms with Gasteiger partial charge in [0.05, 0.1) is 38.0 Å². The summed E-state index contributed by atoms with van der Waals surface area (Å²) in [5, 5.41) is 16.5. The summed E-state index contributed by atoms with van der Waals surface area (Å²) in [5.74, 6) is 0.0590. The lowest BCUT2D eigenvalue weighted by Gasteiger charge is -2.14. The molecule has 3 aromatic rings. The van der Waals surface area contributed by atoms with E-state index in [0.717, 1.165) is 5.39 Å². The third kappa shape index (κ3) is 7.21. The fourth-order valence-electron chi connectivity index (χ4n) is 3.74. The highest BCUT2D eigenvalue weighted by molar-refractivity contribution is 6.02. The number of H-pyrrole nitrogens is 1. The molecule has 2 aromatic carbocycles. The van der Waals surface area contributed by atoms with Crippen molar-refractivity contribution in [1.29, 1.82) is 0 Å². The SMILES string of the molecule is COC(=O)c1cc(OC)c(OC)cc1NC(=O)CCCC(=O)NCCCNc1n[nH]c(=O)c2ccccc12. The van der Waals surface area contributed by atoms with Gasteiger partial charge < -0.3 is 30.2 Å². The second-order valence-electron chi connectivity index (χ2n) is 8.22. The van der Waals surface area contributed by atoms with Crippen LogP contribution in [0.3, 0.4) is 0 Å². The first-order chi connectivity index (χ1) is 18.4. The van der Waals surface area contributed by atoms with Crippen LogP contribution in [0.1, 0.15) is 36.0 Å². The molecule has 38 heavy (non-hydrogen) atoms. The van der Waals surface area contributed by atoms with Crippen LogP contribution in [-0.2, 0) is 14.3 Å². The van der Waals surface area contributed by atoms with Crippen LogP contribution in [0.2, 0.25) is 0 Å². The number of nitrogens with one attached hydrogen (secondary N) is 4. The normalized spacial score (nSPS) is 10.5. The zero-order valence-electron chi connectivity index (χ0n) is 21.5.